The fraction of sp³-hybridized carbons (Fsp3) is 0.0263. The van der Waals surface area contributed by atoms with Gasteiger partial charge in [-0.3, -0.25) is 0 Å². The summed E-state index contributed by atoms with van der Waals surface area (Å²) in [5.74, 6) is 0. The highest BCUT2D eigenvalue weighted by atomic mass is 32.1. The Balaban J connectivity index is 1.49. The van der Waals surface area contributed by atoms with E-state index in [-0.39, 0.29) is 0 Å². The van der Waals surface area contributed by atoms with Crippen molar-refractivity contribution in [2.75, 3.05) is 0 Å². The molecule has 0 atom stereocenters. The van der Waals surface area contributed by atoms with Crippen LogP contribution in [-0.2, 0) is 0 Å². The quantitative estimate of drug-likeness (QED) is 0.210. The van der Waals surface area contributed by atoms with Gasteiger partial charge in [0.05, 0.1) is 44.1 Å². The van der Waals surface area contributed by atoms with Crippen LogP contribution in [0.3, 0.4) is 0 Å². The van der Waals surface area contributed by atoms with Crippen LogP contribution in [-0.4, -0.2) is 9.13 Å². The number of aryl methyl sites for hydroxylation is 1. The molecule has 0 spiro atoms. The lowest BCUT2D eigenvalue weighted by Crippen LogP contribution is -1.99. The smallest absolute Gasteiger partial charge is 0.0991 e. The maximum atomic E-state index is 9.69. The maximum Gasteiger partial charge on any atom is 0.0991 e. The van der Waals surface area contributed by atoms with E-state index in [4.69, 9.17) is 0 Å². The Morgan fingerprint density at radius 2 is 1.17 bits per heavy atom. The standard InChI is InChI=1S/C38H23N3S/c1-23-14-17-37-30(18-23)31-20-25(40-32-11-5-2-8-26(32)27-9-3-6-12-33(27)40)21-36(38(31)42-37)41-34-13-7-4-10-28(34)29-19-24(22-39)15-16-35(29)41/h2-21H,1H3. The third-order valence-electron chi connectivity index (χ3n) is 8.57. The van der Waals surface area contributed by atoms with Crippen LogP contribution in [0.1, 0.15) is 11.1 Å². The number of nitrogens with zero attached hydrogens (tertiary/aromatic N) is 3. The van der Waals surface area contributed by atoms with Crippen LogP contribution in [0.15, 0.2) is 121 Å². The summed E-state index contributed by atoms with van der Waals surface area (Å²) in [6.07, 6.45) is 0. The first-order chi connectivity index (χ1) is 20.7. The molecule has 0 N–H and O–H groups in total. The van der Waals surface area contributed by atoms with E-state index < -0.39 is 0 Å². The molecule has 0 unspecified atom stereocenters. The minimum Gasteiger partial charge on any atom is -0.309 e. The van der Waals surface area contributed by atoms with Gasteiger partial charge < -0.3 is 9.13 Å². The molecule has 0 aliphatic carbocycles. The second kappa shape index (κ2) is 8.57. The van der Waals surface area contributed by atoms with Crippen molar-refractivity contribution in [1.29, 1.82) is 5.26 Å². The van der Waals surface area contributed by atoms with Gasteiger partial charge in [-0.25, -0.2) is 0 Å². The van der Waals surface area contributed by atoms with Gasteiger partial charge in [0.1, 0.15) is 0 Å². The van der Waals surface area contributed by atoms with Crippen LogP contribution >= 0.6 is 11.3 Å². The van der Waals surface area contributed by atoms with Gasteiger partial charge in [-0.05, 0) is 67.6 Å². The zero-order chi connectivity index (χ0) is 27.9. The number of benzene rings is 6. The predicted molar refractivity (Wildman–Crippen MR) is 177 cm³/mol. The van der Waals surface area contributed by atoms with E-state index in [9.17, 15) is 5.26 Å². The molecule has 3 heterocycles. The average Bonchev–Trinajstić information content (AvgIpc) is 3.68. The lowest BCUT2D eigenvalue weighted by Gasteiger charge is -2.14. The molecule has 9 aromatic rings. The highest BCUT2D eigenvalue weighted by molar-refractivity contribution is 7.26. The lowest BCUT2D eigenvalue weighted by atomic mass is 10.1. The third kappa shape index (κ3) is 3.14. The summed E-state index contributed by atoms with van der Waals surface area (Å²) in [7, 11) is 0. The molecule has 0 aliphatic heterocycles. The van der Waals surface area contributed by atoms with Crippen LogP contribution < -0.4 is 0 Å². The molecule has 4 heteroatoms. The fourth-order valence-electron chi connectivity index (χ4n) is 6.76. The number of hydrogen-bond donors (Lipinski definition) is 0. The molecule has 196 valence electrons. The van der Waals surface area contributed by atoms with Gasteiger partial charge in [0.2, 0.25) is 0 Å². The zero-order valence-corrected chi connectivity index (χ0v) is 23.6. The normalized spacial score (nSPS) is 11.9. The van der Waals surface area contributed by atoms with Gasteiger partial charge in [0.15, 0.2) is 0 Å². The summed E-state index contributed by atoms with van der Waals surface area (Å²) in [5.41, 5.74) is 8.84. The molecule has 0 fully saturated rings. The first-order valence-electron chi connectivity index (χ1n) is 14.1. The summed E-state index contributed by atoms with van der Waals surface area (Å²) in [5, 5.41) is 17.0. The molecule has 0 radical (unpaired) electrons. The molecule has 0 aliphatic rings. The highest BCUT2D eigenvalue weighted by Crippen LogP contribution is 2.43. The molecule has 42 heavy (non-hydrogen) atoms. The van der Waals surface area contributed by atoms with Crippen molar-refractivity contribution in [3.8, 4) is 17.4 Å². The minimum absolute atomic E-state index is 0.673. The van der Waals surface area contributed by atoms with Crippen molar-refractivity contribution in [3.05, 3.63) is 132 Å². The topological polar surface area (TPSA) is 33.6 Å². The van der Waals surface area contributed by atoms with Crippen LogP contribution in [0.2, 0.25) is 0 Å². The Morgan fingerprint density at radius 3 is 1.86 bits per heavy atom. The van der Waals surface area contributed by atoms with Gasteiger partial charge in [-0.2, -0.15) is 5.26 Å². The number of para-hydroxylation sites is 3. The van der Waals surface area contributed by atoms with Crippen LogP contribution in [0.5, 0.6) is 0 Å². The van der Waals surface area contributed by atoms with Crippen molar-refractivity contribution < 1.29 is 0 Å². The Bertz CT molecular complexity index is 2550. The first kappa shape index (κ1) is 23.3. The average molecular weight is 554 g/mol. The van der Waals surface area contributed by atoms with E-state index in [2.05, 4.69) is 131 Å². The third-order valence-corrected chi connectivity index (χ3v) is 9.78. The summed E-state index contributed by atoms with van der Waals surface area (Å²) in [6, 6.07) is 45.8. The van der Waals surface area contributed by atoms with E-state index in [0.717, 1.165) is 33.2 Å². The van der Waals surface area contributed by atoms with E-state index >= 15 is 0 Å². The van der Waals surface area contributed by atoms with Gasteiger partial charge in [-0.1, -0.05) is 66.2 Å². The monoisotopic (exact) mass is 553 g/mol. The van der Waals surface area contributed by atoms with E-state index in [1.807, 2.05) is 23.5 Å². The second-order valence-electron chi connectivity index (χ2n) is 11.0. The molecule has 0 saturated heterocycles. The molecular weight excluding hydrogens is 531 g/mol. The van der Waals surface area contributed by atoms with Crippen LogP contribution in [0.25, 0.3) is 75.2 Å². The summed E-state index contributed by atoms with van der Waals surface area (Å²) < 4.78 is 7.35. The molecule has 0 bridgehead atoms. The Hall–Kier alpha value is -5.37. The zero-order valence-electron chi connectivity index (χ0n) is 22.8. The molecule has 6 aromatic carbocycles. The van der Waals surface area contributed by atoms with Gasteiger partial charge in [0.25, 0.3) is 0 Å². The van der Waals surface area contributed by atoms with Gasteiger partial charge >= 0.3 is 0 Å². The lowest BCUT2D eigenvalue weighted by molar-refractivity contribution is 1.15. The molecule has 3 aromatic heterocycles. The van der Waals surface area contributed by atoms with E-state index in [0.29, 0.717) is 5.56 Å². The SMILES string of the molecule is Cc1ccc2sc3c(-n4c5ccccc5c5cc(C#N)ccc54)cc(-n4c5ccccc5c5ccccc54)cc3c2c1. The van der Waals surface area contributed by atoms with E-state index in [1.54, 1.807) is 0 Å². The van der Waals surface area contributed by atoms with Crippen molar-refractivity contribution in [1.82, 2.24) is 9.13 Å². The number of fused-ring (bicyclic) bond motifs is 9. The number of aromatic nitrogens is 2. The summed E-state index contributed by atoms with van der Waals surface area (Å²) >= 11 is 1.85. The van der Waals surface area contributed by atoms with Gasteiger partial charge in [0, 0.05) is 42.7 Å². The Morgan fingerprint density at radius 1 is 0.548 bits per heavy atom. The van der Waals surface area contributed by atoms with Crippen molar-refractivity contribution in [3.63, 3.8) is 0 Å². The van der Waals surface area contributed by atoms with Crippen molar-refractivity contribution in [2.45, 2.75) is 6.92 Å². The number of rotatable bonds is 2. The summed E-state index contributed by atoms with van der Waals surface area (Å²) in [6.45, 7) is 2.17. The fourth-order valence-corrected chi connectivity index (χ4v) is 7.93. The number of nitriles is 1. The highest BCUT2D eigenvalue weighted by Gasteiger charge is 2.20. The van der Waals surface area contributed by atoms with Crippen molar-refractivity contribution >= 4 is 75.1 Å². The first-order valence-corrected chi connectivity index (χ1v) is 14.9. The summed E-state index contributed by atoms with van der Waals surface area (Å²) in [4.78, 5) is 0. The Labute approximate surface area is 245 Å². The van der Waals surface area contributed by atoms with Crippen molar-refractivity contribution in [2.24, 2.45) is 0 Å². The maximum absolute atomic E-state index is 9.69. The van der Waals surface area contributed by atoms with Crippen LogP contribution in [0, 0.1) is 18.3 Å². The largest absolute Gasteiger partial charge is 0.309 e. The molecular formula is C38H23N3S. The van der Waals surface area contributed by atoms with Gasteiger partial charge in [-0.15, -0.1) is 11.3 Å². The minimum atomic E-state index is 0.673. The number of thiophene rings is 1. The molecule has 0 saturated carbocycles. The van der Waals surface area contributed by atoms with Crippen LogP contribution in [0.4, 0.5) is 0 Å². The number of hydrogen-bond acceptors (Lipinski definition) is 2. The Kier molecular flexibility index (Phi) is 4.76. The molecule has 0 amide bonds. The predicted octanol–water partition coefficient (Wildman–Crippen LogP) is 10.4. The van der Waals surface area contributed by atoms with E-state index in [1.165, 1.54) is 47.5 Å². The molecule has 9 rings (SSSR count). The molecule has 3 nitrogen and oxygen atoms in total. The second-order valence-corrected chi connectivity index (χ2v) is 12.1.